The molecule has 0 saturated heterocycles. The molecule has 1 aromatic heterocycles. The highest BCUT2D eigenvalue weighted by Crippen LogP contribution is 2.09. The molecule has 0 aliphatic rings. The Morgan fingerprint density at radius 1 is 1.54 bits per heavy atom. The highest BCUT2D eigenvalue weighted by molar-refractivity contribution is 5.18. The van der Waals surface area contributed by atoms with Crippen LogP contribution in [0.15, 0.2) is 30.0 Å². The monoisotopic (exact) mass is 175 g/mol. The molecule has 0 radical (unpaired) electrons. The fraction of sp³-hybridized carbons (Fsp3) is 0.417. The molecule has 0 aliphatic heterocycles. The van der Waals surface area contributed by atoms with E-state index in [4.69, 9.17) is 0 Å². The Morgan fingerprint density at radius 3 is 2.92 bits per heavy atom. The van der Waals surface area contributed by atoms with E-state index >= 15 is 0 Å². The number of hydrogen-bond acceptors (Lipinski definition) is 1. The number of nitrogens with zero attached hydrogens (tertiary/aromatic N) is 1. The number of allylic oxidation sites excluding steroid dienone is 2. The normalized spacial score (nSPS) is 11.8. The molecule has 0 unspecified atom stereocenters. The second-order valence-corrected chi connectivity index (χ2v) is 3.40. The Morgan fingerprint density at radius 2 is 2.31 bits per heavy atom. The molecule has 1 heterocycles. The Bertz CT molecular complexity index is 300. The molecule has 0 aromatic carbocycles. The first kappa shape index (κ1) is 9.97. The molecular formula is C12H17N. The molecule has 0 bridgehead atoms. The van der Waals surface area contributed by atoms with Crippen LogP contribution in [0.1, 0.15) is 31.5 Å². The number of pyridine rings is 1. The van der Waals surface area contributed by atoms with E-state index in [1.165, 1.54) is 16.8 Å². The fourth-order valence-corrected chi connectivity index (χ4v) is 1.24. The van der Waals surface area contributed by atoms with E-state index in [-0.39, 0.29) is 0 Å². The second-order valence-electron chi connectivity index (χ2n) is 3.40. The molecule has 0 saturated carbocycles. The summed E-state index contributed by atoms with van der Waals surface area (Å²) >= 11 is 0. The van der Waals surface area contributed by atoms with Crippen LogP contribution >= 0.6 is 0 Å². The van der Waals surface area contributed by atoms with Gasteiger partial charge >= 0.3 is 0 Å². The van der Waals surface area contributed by atoms with Gasteiger partial charge in [0, 0.05) is 11.9 Å². The molecule has 0 atom stereocenters. The van der Waals surface area contributed by atoms with Crippen LogP contribution in [0, 0.1) is 6.92 Å². The highest BCUT2D eigenvalue weighted by atomic mass is 14.7. The van der Waals surface area contributed by atoms with Gasteiger partial charge in [0.25, 0.3) is 0 Å². The van der Waals surface area contributed by atoms with Crippen LogP contribution in [-0.2, 0) is 6.42 Å². The lowest BCUT2D eigenvalue weighted by molar-refractivity contribution is 0.886. The molecule has 0 spiro atoms. The summed E-state index contributed by atoms with van der Waals surface area (Å²) in [7, 11) is 0. The molecule has 1 rings (SSSR count). The first-order chi connectivity index (χ1) is 6.24. The lowest BCUT2D eigenvalue weighted by Crippen LogP contribution is -1.93. The van der Waals surface area contributed by atoms with Gasteiger partial charge in [-0.25, -0.2) is 0 Å². The maximum atomic E-state index is 4.36. The first-order valence-electron chi connectivity index (χ1n) is 4.76. The maximum absolute atomic E-state index is 4.36. The lowest BCUT2D eigenvalue weighted by atomic mass is 10.1. The van der Waals surface area contributed by atoms with Gasteiger partial charge in [0.2, 0.25) is 0 Å². The minimum Gasteiger partial charge on any atom is -0.261 e. The summed E-state index contributed by atoms with van der Waals surface area (Å²) in [5.41, 5.74) is 3.96. The zero-order valence-corrected chi connectivity index (χ0v) is 8.67. The van der Waals surface area contributed by atoms with Crippen LogP contribution in [0.5, 0.6) is 0 Å². The van der Waals surface area contributed by atoms with Crippen molar-refractivity contribution in [1.29, 1.82) is 0 Å². The molecule has 13 heavy (non-hydrogen) atoms. The Hall–Kier alpha value is -1.11. The van der Waals surface area contributed by atoms with Crippen LogP contribution in [0.4, 0.5) is 0 Å². The lowest BCUT2D eigenvalue weighted by Gasteiger charge is -2.03. The molecule has 0 amide bonds. The van der Waals surface area contributed by atoms with Crippen molar-refractivity contribution in [2.45, 2.75) is 33.6 Å². The topological polar surface area (TPSA) is 12.9 Å². The van der Waals surface area contributed by atoms with Crippen molar-refractivity contribution in [3.63, 3.8) is 0 Å². The van der Waals surface area contributed by atoms with E-state index < -0.39 is 0 Å². The van der Waals surface area contributed by atoms with Gasteiger partial charge in [-0.1, -0.05) is 17.7 Å². The van der Waals surface area contributed by atoms with Gasteiger partial charge in [-0.2, -0.15) is 0 Å². The zero-order valence-electron chi connectivity index (χ0n) is 8.67. The number of aryl methyl sites for hydroxylation is 2. The van der Waals surface area contributed by atoms with Gasteiger partial charge in [-0.05, 0) is 45.2 Å². The van der Waals surface area contributed by atoms with Gasteiger partial charge in [0.1, 0.15) is 0 Å². The van der Waals surface area contributed by atoms with Crippen molar-refractivity contribution in [2.75, 3.05) is 0 Å². The Balaban J connectivity index is 2.60. The van der Waals surface area contributed by atoms with Crippen LogP contribution < -0.4 is 0 Å². The zero-order chi connectivity index (χ0) is 9.68. The minimum atomic E-state index is 1.06. The van der Waals surface area contributed by atoms with E-state index in [9.17, 15) is 0 Å². The molecule has 1 aromatic rings. The quantitative estimate of drug-likeness (QED) is 0.642. The molecule has 1 nitrogen and oxygen atoms in total. The van der Waals surface area contributed by atoms with Crippen molar-refractivity contribution in [3.05, 3.63) is 41.2 Å². The summed E-state index contributed by atoms with van der Waals surface area (Å²) in [6.07, 6.45) is 6.21. The van der Waals surface area contributed by atoms with Gasteiger partial charge in [0.05, 0.1) is 0 Å². The van der Waals surface area contributed by atoms with Crippen LogP contribution in [-0.4, -0.2) is 4.98 Å². The third-order valence-corrected chi connectivity index (χ3v) is 2.37. The van der Waals surface area contributed by atoms with Gasteiger partial charge in [-0.3, -0.25) is 4.98 Å². The molecular weight excluding hydrogens is 158 g/mol. The molecule has 0 aliphatic carbocycles. The average Bonchev–Trinajstić information content (AvgIpc) is 2.16. The van der Waals surface area contributed by atoms with Crippen LogP contribution in [0.25, 0.3) is 0 Å². The van der Waals surface area contributed by atoms with Crippen LogP contribution in [0.2, 0.25) is 0 Å². The SMILES string of the molecule is C/C=C(\C)CCc1ncccc1C. The highest BCUT2D eigenvalue weighted by Gasteiger charge is 1.98. The van der Waals surface area contributed by atoms with Crippen LogP contribution in [0.3, 0.4) is 0 Å². The third kappa shape index (κ3) is 3.02. The summed E-state index contributed by atoms with van der Waals surface area (Å²) in [6.45, 7) is 6.37. The van der Waals surface area contributed by atoms with Crippen molar-refractivity contribution >= 4 is 0 Å². The second kappa shape index (κ2) is 4.80. The standard InChI is InChI=1S/C12H17N/c1-4-10(2)7-8-12-11(3)6-5-9-13-12/h4-6,9H,7-8H2,1-3H3/b10-4+. The smallest absolute Gasteiger partial charge is 0.0435 e. The molecule has 70 valence electrons. The fourth-order valence-electron chi connectivity index (χ4n) is 1.24. The molecule has 0 N–H and O–H groups in total. The molecule has 1 heteroatoms. The first-order valence-corrected chi connectivity index (χ1v) is 4.76. The summed E-state index contributed by atoms with van der Waals surface area (Å²) in [6, 6.07) is 4.11. The summed E-state index contributed by atoms with van der Waals surface area (Å²) < 4.78 is 0. The largest absolute Gasteiger partial charge is 0.261 e. The summed E-state index contributed by atoms with van der Waals surface area (Å²) in [4.78, 5) is 4.36. The minimum absolute atomic E-state index is 1.06. The van der Waals surface area contributed by atoms with Gasteiger partial charge in [0.15, 0.2) is 0 Å². The number of rotatable bonds is 3. The Labute approximate surface area is 80.5 Å². The Kier molecular flexibility index (Phi) is 3.69. The van der Waals surface area contributed by atoms with E-state index in [0.29, 0.717) is 0 Å². The number of hydrogen-bond donors (Lipinski definition) is 0. The maximum Gasteiger partial charge on any atom is 0.0435 e. The van der Waals surface area contributed by atoms with Crippen molar-refractivity contribution in [2.24, 2.45) is 0 Å². The summed E-state index contributed by atoms with van der Waals surface area (Å²) in [5.74, 6) is 0. The van der Waals surface area contributed by atoms with Gasteiger partial charge in [-0.15, -0.1) is 0 Å². The van der Waals surface area contributed by atoms with Gasteiger partial charge < -0.3 is 0 Å². The predicted molar refractivity (Wildman–Crippen MR) is 56.7 cm³/mol. The number of aromatic nitrogens is 1. The average molecular weight is 175 g/mol. The third-order valence-electron chi connectivity index (χ3n) is 2.37. The van der Waals surface area contributed by atoms with Crippen molar-refractivity contribution in [1.82, 2.24) is 4.98 Å². The van der Waals surface area contributed by atoms with E-state index in [1.807, 2.05) is 12.3 Å². The van der Waals surface area contributed by atoms with E-state index in [1.54, 1.807) is 0 Å². The molecule has 0 fully saturated rings. The predicted octanol–water partition coefficient (Wildman–Crippen LogP) is 3.29. The van der Waals surface area contributed by atoms with Crippen molar-refractivity contribution in [3.8, 4) is 0 Å². The van der Waals surface area contributed by atoms with E-state index in [2.05, 4.69) is 37.9 Å². The van der Waals surface area contributed by atoms with Crippen molar-refractivity contribution < 1.29 is 0 Å². The van der Waals surface area contributed by atoms with E-state index in [0.717, 1.165) is 12.8 Å². The summed E-state index contributed by atoms with van der Waals surface area (Å²) in [5, 5.41) is 0.